The maximum atomic E-state index is 12.6. The van der Waals surface area contributed by atoms with Gasteiger partial charge in [0.05, 0.1) is 0 Å². The SMILES string of the molecule is O=C(NCc1ccccc1Oc1ccccc1)c1cccc(NC(=O)C2CC2)c1. The van der Waals surface area contributed by atoms with E-state index < -0.39 is 0 Å². The molecular formula is C24H22N2O3. The van der Waals surface area contributed by atoms with E-state index in [9.17, 15) is 9.59 Å². The fourth-order valence-corrected chi connectivity index (χ4v) is 2.97. The maximum Gasteiger partial charge on any atom is 0.251 e. The largest absolute Gasteiger partial charge is 0.457 e. The van der Waals surface area contributed by atoms with E-state index in [2.05, 4.69) is 10.6 Å². The lowest BCUT2D eigenvalue weighted by Crippen LogP contribution is -2.23. The van der Waals surface area contributed by atoms with Crippen molar-refractivity contribution in [1.82, 2.24) is 5.32 Å². The molecule has 0 aromatic heterocycles. The van der Waals surface area contributed by atoms with Crippen molar-refractivity contribution in [3.63, 3.8) is 0 Å². The minimum Gasteiger partial charge on any atom is -0.457 e. The maximum absolute atomic E-state index is 12.6. The number of ether oxygens (including phenoxy) is 1. The Morgan fingerprint density at radius 1 is 0.897 bits per heavy atom. The lowest BCUT2D eigenvalue weighted by molar-refractivity contribution is -0.117. The second-order valence-corrected chi connectivity index (χ2v) is 7.05. The number of benzene rings is 3. The van der Waals surface area contributed by atoms with Gasteiger partial charge in [-0.25, -0.2) is 0 Å². The lowest BCUT2D eigenvalue weighted by Gasteiger charge is -2.12. The van der Waals surface area contributed by atoms with E-state index in [0.29, 0.717) is 23.5 Å². The van der Waals surface area contributed by atoms with E-state index in [1.54, 1.807) is 24.3 Å². The molecule has 29 heavy (non-hydrogen) atoms. The van der Waals surface area contributed by atoms with Gasteiger partial charge in [0.25, 0.3) is 5.91 Å². The molecule has 5 nitrogen and oxygen atoms in total. The van der Waals surface area contributed by atoms with Crippen LogP contribution in [0.4, 0.5) is 5.69 Å². The molecule has 5 heteroatoms. The molecule has 3 aromatic rings. The third-order valence-corrected chi connectivity index (χ3v) is 4.72. The van der Waals surface area contributed by atoms with Gasteiger partial charge in [-0.2, -0.15) is 0 Å². The van der Waals surface area contributed by atoms with Crippen molar-refractivity contribution in [1.29, 1.82) is 0 Å². The van der Waals surface area contributed by atoms with Crippen LogP contribution in [0.2, 0.25) is 0 Å². The quantitative estimate of drug-likeness (QED) is 0.615. The normalized spacial score (nSPS) is 12.8. The Hall–Kier alpha value is -3.60. The summed E-state index contributed by atoms with van der Waals surface area (Å²) in [5.41, 5.74) is 2.02. The molecule has 1 saturated carbocycles. The number of carbonyl (C=O) groups excluding carboxylic acids is 2. The Bertz CT molecular complexity index is 1010. The summed E-state index contributed by atoms with van der Waals surface area (Å²) in [4.78, 5) is 24.5. The van der Waals surface area contributed by atoms with E-state index in [1.165, 1.54) is 0 Å². The number of rotatable bonds is 7. The molecule has 0 atom stereocenters. The first kappa shape index (κ1) is 18.7. The summed E-state index contributed by atoms with van der Waals surface area (Å²) < 4.78 is 5.94. The molecule has 1 aliphatic carbocycles. The van der Waals surface area contributed by atoms with Crippen LogP contribution in [0.25, 0.3) is 0 Å². The fraction of sp³-hybridized carbons (Fsp3) is 0.167. The fourth-order valence-electron chi connectivity index (χ4n) is 2.97. The van der Waals surface area contributed by atoms with Crippen LogP contribution in [0.15, 0.2) is 78.9 Å². The highest BCUT2D eigenvalue weighted by atomic mass is 16.5. The van der Waals surface area contributed by atoms with Crippen molar-refractivity contribution in [2.24, 2.45) is 5.92 Å². The van der Waals surface area contributed by atoms with Gasteiger partial charge in [-0.15, -0.1) is 0 Å². The zero-order chi connectivity index (χ0) is 20.1. The molecule has 146 valence electrons. The van der Waals surface area contributed by atoms with E-state index in [4.69, 9.17) is 4.74 Å². The standard InChI is InChI=1S/C24H22N2O3/c27-23(18-8-6-9-20(15-18)26-24(28)17-13-14-17)25-16-19-7-4-5-12-22(19)29-21-10-2-1-3-11-21/h1-12,15,17H,13-14,16H2,(H,25,27)(H,26,28). The Labute approximate surface area is 169 Å². The van der Waals surface area contributed by atoms with Gasteiger partial charge in [-0.1, -0.05) is 42.5 Å². The molecule has 0 unspecified atom stereocenters. The highest BCUT2D eigenvalue weighted by molar-refractivity contribution is 5.98. The Morgan fingerprint density at radius 2 is 1.66 bits per heavy atom. The molecule has 0 spiro atoms. The zero-order valence-corrected chi connectivity index (χ0v) is 15.9. The molecule has 0 aliphatic heterocycles. The third-order valence-electron chi connectivity index (χ3n) is 4.72. The summed E-state index contributed by atoms with van der Waals surface area (Å²) in [6.45, 7) is 0.334. The second-order valence-electron chi connectivity index (χ2n) is 7.05. The van der Waals surface area contributed by atoms with Gasteiger partial charge in [-0.3, -0.25) is 9.59 Å². The van der Waals surface area contributed by atoms with Crippen molar-refractivity contribution in [3.05, 3.63) is 90.0 Å². The van der Waals surface area contributed by atoms with Crippen molar-refractivity contribution >= 4 is 17.5 Å². The second kappa shape index (κ2) is 8.61. The monoisotopic (exact) mass is 386 g/mol. The topological polar surface area (TPSA) is 67.4 Å². The van der Waals surface area contributed by atoms with Gasteiger partial charge in [-0.05, 0) is 49.2 Å². The predicted octanol–water partition coefficient (Wildman–Crippen LogP) is 4.76. The van der Waals surface area contributed by atoms with Gasteiger partial charge in [0, 0.05) is 29.3 Å². The van der Waals surface area contributed by atoms with Crippen LogP contribution in [0.5, 0.6) is 11.5 Å². The van der Waals surface area contributed by atoms with E-state index >= 15 is 0 Å². The summed E-state index contributed by atoms with van der Waals surface area (Å²) in [6, 6.07) is 24.1. The van der Waals surface area contributed by atoms with Gasteiger partial charge in [0.15, 0.2) is 0 Å². The van der Waals surface area contributed by atoms with Gasteiger partial charge in [0.1, 0.15) is 11.5 Å². The number of amides is 2. The number of hydrogen-bond acceptors (Lipinski definition) is 3. The summed E-state index contributed by atoms with van der Waals surface area (Å²) >= 11 is 0. The molecule has 3 aromatic carbocycles. The summed E-state index contributed by atoms with van der Waals surface area (Å²) in [5.74, 6) is 1.38. The van der Waals surface area contributed by atoms with Crippen LogP contribution in [0.1, 0.15) is 28.8 Å². The minimum absolute atomic E-state index is 0.0227. The molecule has 2 amide bonds. The molecule has 1 fully saturated rings. The third kappa shape index (κ3) is 5.02. The first-order valence-corrected chi connectivity index (χ1v) is 9.69. The van der Waals surface area contributed by atoms with Gasteiger partial charge in [0.2, 0.25) is 5.91 Å². The molecule has 4 rings (SSSR count). The van der Waals surface area contributed by atoms with Crippen LogP contribution in [-0.4, -0.2) is 11.8 Å². The molecule has 1 aliphatic rings. The number of carbonyl (C=O) groups is 2. The Morgan fingerprint density at radius 3 is 2.45 bits per heavy atom. The minimum atomic E-state index is -0.206. The van der Waals surface area contributed by atoms with Crippen LogP contribution < -0.4 is 15.4 Å². The number of hydrogen-bond donors (Lipinski definition) is 2. The van der Waals surface area contributed by atoms with Crippen molar-refractivity contribution < 1.29 is 14.3 Å². The molecule has 0 radical (unpaired) electrons. The molecule has 2 N–H and O–H groups in total. The Kier molecular flexibility index (Phi) is 5.56. The summed E-state index contributed by atoms with van der Waals surface area (Å²) in [5, 5.41) is 5.80. The first-order valence-electron chi connectivity index (χ1n) is 9.69. The average Bonchev–Trinajstić information content (AvgIpc) is 3.59. The van der Waals surface area contributed by atoms with Crippen molar-refractivity contribution in [2.75, 3.05) is 5.32 Å². The highest BCUT2D eigenvalue weighted by Crippen LogP contribution is 2.30. The number of nitrogens with one attached hydrogen (secondary N) is 2. The van der Waals surface area contributed by atoms with E-state index in [1.807, 2.05) is 54.6 Å². The van der Waals surface area contributed by atoms with Gasteiger partial charge >= 0.3 is 0 Å². The summed E-state index contributed by atoms with van der Waals surface area (Å²) in [6.07, 6.45) is 1.88. The van der Waals surface area contributed by atoms with E-state index in [0.717, 1.165) is 24.2 Å². The average molecular weight is 386 g/mol. The predicted molar refractivity (Wildman–Crippen MR) is 112 cm³/mol. The lowest BCUT2D eigenvalue weighted by atomic mass is 10.1. The molecule has 0 bridgehead atoms. The van der Waals surface area contributed by atoms with Gasteiger partial charge < -0.3 is 15.4 Å². The molecular weight excluding hydrogens is 364 g/mol. The van der Waals surface area contributed by atoms with Crippen LogP contribution >= 0.6 is 0 Å². The van der Waals surface area contributed by atoms with Crippen LogP contribution in [0.3, 0.4) is 0 Å². The van der Waals surface area contributed by atoms with E-state index in [-0.39, 0.29) is 17.7 Å². The van der Waals surface area contributed by atoms with Crippen LogP contribution in [0, 0.1) is 5.92 Å². The number of para-hydroxylation sites is 2. The van der Waals surface area contributed by atoms with Crippen molar-refractivity contribution in [2.45, 2.75) is 19.4 Å². The zero-order valence-electron chi connectivity index (χ0n) is 15.9. The molecule has 0 heterocycles. The van der Waals surface area contributed by atoms with Crippen LogP contribution in [-0.2, 0) is 11.3 Å². The Balaban J connectivity index is 1.40. The summed E-state index contributed by atoms with van der Waals surface area (Å²) in [7, 11) is 0. The highest BCUT2D eigenvalue weighted by Gasteiger charge is 2.29. The first-order chi connectivity index (χ1) is 14.2. The van der Waals surface area contributed by atoms with Crippen molar-refractivity contribution in [3.8, 4) is 11.5 Å². The smallest absolute Gasteiger partial charge is 0.251 e. The molecule has 0 saturated heterocycles. The number of anilines is 1.